The number of likely N-dealkylation sites (tertiary alicyclic amines) is 1. The molecule has 1 amide bonds. The molecule has 4 nitrogen and oxygen atoms in total. The molecule has 3 aliphatic rings. The summed E-state index contributed by atoms with van der Waals surface area (Å²) in [6.45, 7) is 5.94. The minimum absolute atomic E-state index is 0.125. The third-order valence-electron chi connectivity index (χ3n) is 7.23. The lowest BCUT2D eigenvalue weighted by molar-refractivity contribution is 0.0185. The van der Waals surface area contributed by atoms with Crippen LogP contribution in [-0.2, 0) is 4.74 Å². The average molecular weight is 444 g/mol. The molecule has 2 aromatic rings. The molecule has 0 radical (unpaired) electrons. The topological polar surface area (TPSA) is 55.6 Å². The maximum atomic E-state index is 15.7. The van der Waals surface area contributed by atoms with E-state index >= 15 is 4.39 Å². The van der Waals surface area contributed by atoms with E-state index in [-0.39, 0.29) is 28.5 Å². The van der Waals surface area contributed by atoms with Crippen LogP contribution >= 0.6 is 0 Å². The van der Waals surface area contributed by atoms with Crippen molar-refractivity contribution in [1.82, 2.24) is 4.90 Å². The zero-order chi connectivity index (χ0) is 23.1. The van der Waals surface area contributed by atoms with Crippen LogP contribution in [0.5, 0.6) is 0 Å². The van der Waals surface area contributed by atoms with Gasteiger partial charge in [-0.15, -0.1) is 0 Å². The molecular weight excluding hydrogens is 417 g/mol. The molecule has 0 aromatic heterocycles. The highest BCUT2D eigenvalue weighted by molar-refractivity contribution is 5.73. The number of rotatable bonds is 2. The Balaban J connectivity index is 1.52. The van der Waals surface area contributed by atoms with Gasteiger partial charge in [-0.3, -0.25) is 4.90 Å². The molecule has 2 unspecified atom stereocenters. The first kappa shape index (κ1) is 21.3. The first-order valence-corrected chi connectivity index (χ1v) is 11.0. The summed E-state index contributed by atoms with van der Waals surface area (Å²) in [7, 11) is 0. The summed E-state index contributed by atoms with van der Waals surface area (Å²) in [6.07, 6.45) is 1.98. The third-order valence-corrected chi connectivity index (χ3v) is 7.23. The van der Waals surface area contributed by atoms with Crippen LogP contribution in [0.2, 0.25) is 0 Å². The van der Waals surface area contributed by atoms with E-state index in [0.29, 0.717) is 18.5 Å². The van der Waals surface area contributed by atoms with Gasteiger partial charge in [0.05, 0.1) is 5.54 Å². The Bertz CT molecular complexity index is 1090. The lowest BCUT2D eigenvalue weighted by Gasteiger charge is -2.31. The number of amides is 1. The molecule has 32 heavy (non-hydrogen) atoms. The van der Waals surface area contributed by atoms with E-state index in [1.165, 1.54) is 6.07 Å². The number of ether oxygens (including phenoxy) is 1. The van der Waals surface area contributed by atoms with Crippen molar-refractivity contribution in [3.8, 4) is 11.1 Å². The molecule has 2 N–H and O–H groups in total. The lowest BCUT2D eigenvalue weighted by atomic mass is 9.91. The summed E-state index contributed by atoms with van der Waals surface area (Å²) in [5.41, 5.74) is 5.88. The van der Waals surface area contributed by atoms with Crippen LogP contribution in [-0.4, -0.2) is 34.7 Å². The third kappa shape index (κ3) is 3.20. The van der Waals surface area contributed by atoms with Crippen LogP contribution in [0.4, 0.5) is 18.0 Å². The standard InChI is InChI=1S/C25H27F3N2O2/c1-23(2,3)32-22(31)30-13-24(7-8-24)21(29)25(30)12-19(25)18-6-4-5-17(20(18)28)14-9-15(26)11-16(27)10-14/h4-6,9-11,19,21H,7-8,12-13,29H2,1-3H3/t19?,21-,25?/m0/s1. The number of carbonyl (C=O) groups excluding carboxylic acids is 1. The van der Waals surface area contributed by atoms with E-state index in [1.807, 2.05) is 20.8 Å². The van der Waals surface area contributed by atoms with Gasteiger partial charge in [0.15, 0.2) is 0 Å². The number of halogens is 3. The quantitative estimate of drug-likeness (QED) is 0.679. The van der Waals surface area contributed by atoms with Gasteiger partial charge in [0.2, 0.25) is 0 Å². The van der Waals surface area contributed by atoms with Gasteiger partial charge in [-0.05, 0) is 63.3 Å². The minimum Gasteiger partial charge on any atom is -0.444 e. The van der Waals surface area contributed by atoms with Crippen LogP contribution < -0.4 is 5.73 Å². The molecule has 2 aliphatic carbocycles. The summed E-state index contributed by atoms with van der Waals surface area (Å²) < 4.78 is 48.8. The first-order chi connectivity index (χ1) is 15.0. The normalized spacial score (nSPS) is 27.8. The Morgan fingerprint density at radius 3 is 2.38 bits per heavy atom. The predicted molar refractivity (Wildman–Crippen MR) is 114 cm³/mol. The molecule has 2 saturated carbocycles. The van der Waals surface area contributed by atoms with E-state index in [4.69, 9.17) is 10.5 Å². The lowest BCUT2D eigenvalue weighted by Crippen LogP contribution is -2.48. The largest absolute Gasteiger partial charge is 0.444 e. The number of benzene rings is 2. The summed E-state index contributed by atoms with van der Waals surface area (Å²) >= 11 is 0. The number of hydrogen-bond acceptors (Lipinski definition) is 3. The molecule has 2 aromatic carbocycles. The van der Waals surface area contributed by atoms with E-state index < -0.39 is 34.7 Å². The Morgan fingerprint density at radius 2 is 1.78 bits per heavy atom. The predicted octanol–water partition coefficient (Wildman–Crippen LogP) is 5.36. The Kier molecular flexibility index (Phi) is 4.48. The number of hydrogen-bond donors (Lipinski definition) is 1. The molecule has 170 valence electrons. The van der Waals surface area contributed by atoms with E-state index in [9.17, 15) is 13.6 Å². The fourth-order valence-electron chi connectivity index (χ4n) is 5.48. The smallest absolute Gasteiger partial charge is 0.410 e. The van der Waals surface area contributed by atoms with Crippen LogP contribution in [0.1, 0.15) is 51.5 Å². The summed E-state index contributed by atoms with van der Waals surface area (Å²) in [5.74, 6) is -2.37. The first-order valence-electron chi connectivity index (χ1n) is 11.0. The fraction of sp³-hybridized carbons (Fsp3) is 0.480. The average Bonchev–Trinajstić information content (AvgIpc) is 3.57. The van der Waals surface area contributed by atoms with Crippen molar-refractivity contribution >= 4 is 6.09 Å². The molecule has 0 bridgehead atoms. The second-order valence-corrected chi connectivity index (χ2v) is 10.5. The summed E-state index contributed by atoms with van der Waals surface area (Å²) in [4.78, 5) is 14.8. The summed E-state index contributed by atoms with van der Waals surface area (Å²) in [6, 6.07) is 7.56. The van der Waals surface area contributed by atoms with E-state index in [1.54, 1.807) is 17.0 Å². The number of carbonyl (C=O) groups is 1. The molecule has 3 fully saturated rings. The van der Waals surface area contributed by atoms with Gasteiger partial charge in [-0.2, -0.15) is 0 Å². The van der Waals surface area contributed by atoms with Gasteiger partial charge in [0, 0.05) is 35.5 Å². The highest BCUT2D eigenvalue weighted by Gasteiger charge is 2.76. The molecule has 5 rings (SSSR count). The molecule has 3 atom stereocenters. The Hall–Kier alpha value is -2.54. The van der Waals surface area contributed by atoms with Crippen molar-refractivity contribution in [2.24, 2.45) is 11.1 Å². The zero-order valence-corrected chi connectivity index (χ0v) is 18.4. The second-order valence-electron chi connectivity index (χ2n) is 10.5. The molecule has 7 heteroatoms. The minimum atomic E-state index is -0.766. The highest BCUT2D eigenvalue weighted by atomic mass is 19.1. The highest BCUT2D eigenvalue weighted by Crippen LogP contribution is 2.70. The fourth-order valence-corrected chi connectivity index (χ4v) is 5.48. The van der Waals surface area contributed by atoms with E-state index in [2.05, 4.69) is 0 Å². The van der Waals surface area contributed by atoms with E-state index in [0.717, 1.165) is 31.0 Å². The van der Waals surface area contributed by atoms with Crippen LogP contribution in [0.15, 0.2) is 36.4 Å². The number of nitrogens with zero attached hydrogens (tertiary/aromatic N) is 1. The number of nitrogens with two attached hydrogens (primary N) is 1. The molecule has 1 saturated heterocycles. The Labute approximate surface area is 185 Å². The molecule has 1 aliphatic heterocycles. The maximum Gasteiger partial charge on any atom is 0.410 e. The molecule has 2 spiro atoms. The SMILES string of the molecule is CC(C)(C)OC(=O)N1CC2(CC2)[C@H](N)C12CC2c1cccc(-c2cc(F)cc(F)c2)c1F. The van der Waals surface area contributed by atoms with Gasteiger partial charge in [-0.25, -0.2) is 18.0 Å². The summed E-state index contributed by atoms with van der Waals surface area (Å²) in [5, 5.41) is 0. The van der Waals surface area contributed by atoms with Gasteiger partial charge >= 0.3 is 6.09 Å². The van der Waals surface area contributed by atoms with Crippen molar-refractivity contribution in [3.63, 3.8) is 0 Å². The van der Waals surface area contributed by atoms with Crippen LogP contribution in [0.3, 0.4) is 0 Å². The Morgan fingerprint density at radius 1 is 1.12 bits per heavy atom. The van der Waals surface area contributed by atoms with Crippen molar-refractivity contribution in [3.05, 3.63) is 59.4 Å². The van der Waals surface area contributed by atoms with Crippen molar-refractivity contribution in [1.29, 1.82) is 0 Å². The van der Waals surface area contributed by atoms with Crippen molar-refractivity contribution < 1.29 is 22.7 Å². The molecule has 1 heterocycles. The van der Waals surface area contributed by atoms with Crippen LogP contribution in [0.25, 0.3) is 11.1 Å². The zero-order valence-electron chi connectivity index (χ0n) is 18.4. The second kappa shape index (κ2) is 6.73. The maximum absolute atomic E-state index is 15.7. The van der Waals surface area contributed by atoms with Gasteiger partial charge in [-0.1, -0.05) is 18.2 Å². The van der Waals surface area contributed by atoms with Gasteiger partial charge in [0.25, 0.3) is 0 Å². The van der Waals surface area contributed by atoms with Crippen molar-refractivity contribution in [2.45, 2.75) is 63.1 Å². The molecular formula is C25H27F3N2O2. The van der Waals surface area contributed by atoms with Gasteiger partial charge in [0.1, 0.15) is 23.1 Å². The monoisotopic (exact) mass is 444 g/mol. The van der Waals surface area contributed by atoms with Crippen LogP contribution in [0, 0.1) is 22.9 Å². The van der Waals surface area contributed by atoms with Crippen molar-refractivity contribution in [2.75, 3.05) is 6.54 Å². The van der Waals surface area contributed by atoms with Gasteiger partial charge < -0.3 is 10.5 Å².